The Bertz CT molecular complexity index is 872. The smallest absolute Gasteiger partial charge is 0.182 e. The fraction of sp³-hybridized carbons (Fsp3) is 0.400. The summed E-state index contributed by atoms with van der Waals surface area (Å²) in [4.78, 5) is 1.77. The molecule has 1 saturated carbocycles. The van der Waals surface area contributed by atoms with Crippen LogP contribution < -0.4 is 10.6 Å². The number of likely N-dealkylation sites (tertiary alicyclic amines) is 1. The molecule has 3 N–H and O–H groups in total. The normalized spacial score (nSPS) is 18.8. The summed E-state index contributed by atoms with van der Waals surface area (Å²) in [6.45, 7) is 2.22. The Kier molecular flexibility index (Phi) is 5.82. The minimum atomic E-state index is -1.14. The lowest BCUT2D eigenvalue weighted by Gasteiger charge is -2.43. The third-order valence-electron chi connectivity index (χ3n) is 5.24. The van der Waals surface area contributed by atoms with Crippen molar-refractivity contribution in [1.82, 2.24) is 10.2 Å². The molecule has 1 unspecified atom stereocenters. The summed E-state index contributed by atoms with van der Waals surface area (Å²) in [5.41, 5.74) is -0.0505. The van der Waals surface area contributed by atoms with E-state index in [-0.39, 0.29) is 23.0 Å². The molecule has 4 rings (SSSR count). The van der Waals surface area contributed by atoms with Gasteiger partial charge in [-0.25, -0.2) is 13.2 Å². The van der Waals surface area contributed by atoms with Crippen LogP contribution in [-0.4, -0.2) is 35.7 Å². The zero-order valence-electron chi connectivity index (χ0n) is 15.1. The summed E-state index contributed by atoms with van der Waals surface area (Å²) in [5.74, 6) is -2.01. The summed E-state index contributed by atoms with van der Waals surface area (Å²) < 4.78 is 43.2. The molecule has 2 aliphatic rings. The molecule has 0 aromatic heterocycles. The van der Waals surface area contributed by atoms with Crippen LogP contribution in [0.3, 0.4) is 0 Å². The largest absolute Gasteiger partial charge is 0.374 e. The van der Waals surface area contributed by atoms with E-state index in [9.17, 15) is 18.3 Å². The second-order valence-electron chi connectivity index (χ2n) is 7.45. The van der Waals surface area contributed by atoms with E-state index in [4.69, 9.17) is 0 Å². The number of hydrogen-bond acceptors (Lipinski definition) is 4. The third-order valence-corrected chi connectivity index (χ3v) is 5.91. The van der Waals surface area contributed by atoms with Gasteiger partial charge >= 0.3 is 0 Å². The van der Waals surface area contributed by atoms with Gasteiger partial charge in [-0.3, -0.25) is 4.90 Å². The molecule has 28 heavy (non-hydrogen) atoms. The Morgan fingerprint density at radius 1 is 1.11 bits per heavy atom. The van der Waals surface area contributed by atoms with Crippen LogP contribution in [0.15, 0.2) is 30.3 Å². The number of aliphatic hydroxyl groups excluding tert-OH is 1. The van der Waals surface area contributed by atoms with Crippen molar-refractivity contribution in [3.8, 4) is 0 Å². The van der Waals surface area contributed by atoms with E-state index in [2.05, 4.69) is 10.6 Å². The Hall–Kier alpha value is -1.36. The highest BCUT2D eigenvalue weighted by atomic mass is 127. The van der Waals surface area contributed by atoms with Crippen LogP contribution in [0.2, 0.25) is 0 Å². The monoisotopic (exact) mass is 503 g/mol. The molecule has 2 fully saturated rings. The van der Waals surface area contributed by atoms with Crippen molar-refractivity contribution in [3.63, 3.8) is 0 Å². The lowest BCUT2D eigenvalue weighted by atomic mass is 10.0. The molecule has 1 aliphatic carbocycles. The summed E-state index contributed by atoms with van der Waals surface area (Å²) in [5, 5.41) is 16.8. The first-order valence-electron chi connectivity index (χ1n) is 9.28. The number of aliphatic hydroxyl groups is 1. The Morgan fingerprint density at radius 3 is 2.54 bits per heavy atom. The third kappa shape index (κ3) is 4.29. The number of benzene rings is 2. The molecular weight excluding hydrogens is 482 g/mol. The van der Waals surface area contributed by atoms with Crippen molar-refractivity contribution in [2.45, 2.75) is 25.1 Å². The van der Waals surface area contributed by atoms with Crippen molar-refractivity contribution < 1.29 is 18.3 Å². The molecule has 4 nitrogen and oxygen atoms in total. The summed E-state index contributed by atoms with van der Waals surface area (Å²) >= 11 is 1.97. The topological polar surface area (TPSA) is 47.5 Å². The molecule has 1 saturated heterocycles. The summed E-state index contributed by atoms with van der Waals surface area (Å²) in [7, 11) is 0. The van der Waals surface area contributed by atoms with E-state index in [1.165, 1.54) is 31.0 Å². The van der Waals surface area contributed by atoms with E-state index in [0.29, 0.717) is 16.7 Å². The van der Waals surface area contributed by atoms with Gasteiger partial charge in [-0.15, -0.1) is 0 Å². The minimum absolute atomic E-state index is 0.0194. The molecule has 2 aromatic rings. The molecule has 2 aromatic carbocycles. The lowest BCUT2D eigenvalue weighted by Crippen LogP contribution is -2.59. The van der Waals surface area contributed by atoms with Gasteiger partial charge in [0.2, 0.25) is 0 Å². The Balaban J connectivity index is 1.51. The van der Waals surface area contributed by atoms with Crippen molar-refractivity contribution in [1.29, 1.82) is 0 Å². The molecule has 1 atom stereocenters. The van der Waals surface area contributed by atoms with Gasteiger partial charge in [0, 0.05) is 28.3 Å². The van der Waals surface area contributed by atoms with Crippen molar-refractivity contribution in [2.24, 2.45) is 5.92 Å². The van der Waals surface area contributed by atoms with E-state index in [1.54, 1.807) is 11.0 Å². The zero-order chi connectivity index (χ0) is 19.8. The Labute approximate surface area is 175 Å². The molecule has 1 aliphatic heterocycles. The molecule has 0 spiro atoms. The van der Waals surface area contributed by atoms with Gasteiger partial charge in [0.1, 0.15) is 12.0 Å². The van der Waals surface area contributed by atoms with Crippen molar-refractivity contribution >= 4 is 34.0 Å². The number of nitrogens with zero attached hydrogens (tertiary/aromatic N) is 1. The van der Waals surface area contributed by atoms with Crippen LogP contribution in [-0.2, 0) is 0 Å². The maximum absolute atomic E-state index is 14.5. The molecule has 8 heteroatoms. The van der Waals surface area contributed by atoms with Crippen molar-refractivity contribution in [3.05, 3.63) is 56.9 Å². The summed E-state index contributed by atoms with van der Waals surface area (Å²) in [6.07, 6.45) is 1.43. The zero-order valence-corrected chi connectivity index (χ0v) is 17.2. The van der Waals surface area contributed by atoms with Crippen LogP contribution >= 0.6 is 22.6 Å². The molecule has 0 bridgehead atoms. The first kappa shape index (κ1) is 19.9. The van der Waals surface area contributed by atoms with E-state index < -0.39 is 23.7 Å². The van der Waals surface area contributed by atoms with Gasteiger partial charge in [-0.2, -0.15) is 0 Å². The minimum Gasteiger partial charge on any atom is -0.374 e. The molecule has 0 radical (unpaired) electrons. The van der Waals surface area contributed by atoms with E-state index in [0.717, 1.165) is 18.5 Å². The lowest BCUT2D eigenvalue weighted by molar-refractivity contribution is -0.0535. The maximum atomic E-state index is 14.5. The van der Waals surface area contributed by atoms with Gasteiger partial charge in [0.05, 0.1) is 11.4 Å². The predicted octanol–water partition coefficient (Wildman–Crippen LogP) is 4.13. The number of hydrogen-bond donors (Lipinski definition) is 3. The fourth-order valence-electron chi connectivity index (χ4n) is 3.33. The van der Waals surface area contributed by atoms with E-state index >= 15 is 0 Å². The van der Waals surface area contributed by atoms with Crippen molar-refractivity contribution in [2.75, 3.05) is 25.0 Å². The predicted molar refractivity (Wildman–Crippen MR) is 110 cm³/mol. The Morgan fingerprint density at radius 2 is 1.86 bits per heavy atom. The molecule has 0 amide bonds. The van der Waals surface area contributed by atoms with Crippen LogP contribution in [0.1, 0.15) is 24.6 Å². The number of nitrogens with one attached hydrogen (secondary N) is 2. The highest BCUT2D eigenvalue weighted by molar-refractivity contribution is 14.1. The molecule has 150 valence electrons. The first-order chi connectivity index (χ1) is 13.4. The quantitative estimate of drug-likeness (QED) is 0.498. The maximum Gasteiger partial charge on any atom is 0.182 e. The standard InChI is InChI=1S/C20H21F3IN3O/c21-15-5-4-14(20(28)27-9-13(10-27)25-8-11-1-2-11)19(18(15)23)26-17-6-3-12(24)7-16(17)22/h3-7,11,13,20,25-26,28H,1-2,8-10H2. The molecular formula is C20H21F3IN3O. The second-order valence-corrected chi connectivity index (χ2v) is 8.70. The first-order valence-corrected chi connectivity index (χ1v) is 10.4. The summed E-state index contributed by atoms with van der Waals surface area (Å²) in [6, 6.07) is 7.00. The fourth-order valence-corrected chi connectivity index (χ4v) is 3.78. The van der Waals surface area contributed by atoms with Crippen LogP contribution in [0.25, 0.3) is 0 Å². The van der Waals surface area contributed by atoms with Gasteiger partial charge in [0.25, 0.3) is 0 Å². The van der Waals surface area contributed by atoms with E-state index in [1.807, 2.05) is 22.6 Å². The van der Waals surface area contributed by atoms with Gasteiger partial charge in [-0.1, -0.05) is 0 Å². The SMILES string of the molecule is OC(c1ccc(F)c(F)c1Nc1ccc(I)cc1F)N1CC(NCC2CC2)C1. The number of anilines is 2. The van der Waals surface area contributed by atoms with Crippen LogP contribution in [0, 0.1) is 26.9 Å². The average Bonchev–Trinajstić information content (AvgIpc) is 3.44. The molecule has 1 heterocycles. The second kappa shape index (κ2) is 8.17. The van der Waals surface area contributed by atoms with Gasteiger partial charge in [0.15, 0.2) is 11.6 Å². The van der Waals surface area contributed by atoms with Crippen LogP contribution in [0.5, 0.6) is 0 Å². The van der Waals surface area contributed by atoms with Gasteiger partial charge < -0.3 is 15.7 Å². The average molecular weight is 503 g/mol. The highest BCUT2D eigenvalue weighted by Gasteiger charge is 2.35. The van der Waals surface area contributed by atoms with Gasteiger partial charge in [-0.05, 0) is 78.2 Å². The highest BCUT2D eigenvalue weighted by Crippen LogP contribution is 2.35. The van der Waals surface area contributed by atoms with Crippen LogP contribution in [0.4, 0.5) is 24.5 Å². The number of halogens is 4. The number of rotatable bonds is 7.